The first-order valence-electron chi connectivity index (χ1n) is 10.7. The summed E-state index contributed by atoms with van der Waals surface area (Å²) in [5.74, 6) is 2.68. The zero-order valence-electron chi connectivity index (χ0n) is 17.7. The Morgan fingerprint density at radius 3 is 2.71 bits per heavy atom. The first-order chi connectivity index (χ1) is 15.0. The van der Waals surface area contributed by atoms with Gasteiger partial charge in [0.1, 0.15) is 22.9 Å². The van der Waals surface area contributed by atoms with Crippen LogP contribution >= 0.6 is 0 Å². The molecule has 9 heteroatoms. The highest BCUT2D eigenvalue weighted by molar-refractivity contribution is 5.50. The van der Waals surface area contributed by atoms with E-state index in [1.165, 1.54) is 19.0 Å². The number of nitrogens with one attached hydrogen (secondary N) is 1. The quantitative estimate of drug-likeness (QED) is 0.578. The molecule has 2 fully saturated rings. The van der Waals surface area contributed by atoms with Crippen molar-refractivity contribution in [2.45, 2.75) is 57.1 Å². The lowest BCUT2D eigenvalue weighted by Gasteiger charge is -2.21. The van der Waals surface area contributed by atoms with E-state index in [9.17, 15) is 5.11 Å². The number of anilines is 2. The molecule has 3 aromatic rings. The molecule has 1 aliphatic carbocycles. The van der Waals surface area contributed by atoms with E-state index in [-0.39, 0.29) is 6.01 Å². The fourth-order valence-electron chi connectivity index (χ4n) is 3.64. The molecule has 5 rings (SSSR count). The molecule has 1 aliphatic heterocycles. The van der Waals surface area contributed by atoms with Crippen LogP contribution in [0.1, 0.15) is 62.9 Å². The molecular weight excluding hydrogens is 398 g/mol. The lowest BCUT2D eigenvalue weighted by atomic mass is 9.96. The summed E-state index contributed by atoms with van der Waals surface area (Å²) in [6.07, 6.45) is 9.41. The Morgan fingerprint density at radius 2 is 2.00 bits per heavy atom. The summed E-state index contributed by atoms with van der Waals surface area (Å²) in [4.78, 5) is 8.47. The van der Waals surface area contributed by atoms with E-state index in [1.807, 2.05) is 16.9 Å². The highest BCUT2D eigenvalue weighted by Crippen LogP contribution is 2.40. The van der Waals surface area contributed by atoms with Crippen LogP contribution in [0.2, 0.25) is 0 Å². The molecule has 0 atom stereocenters. The van der Waals surface area contributed by atoms with E-state index in [0.717, 1.165) is 37.5 Å². The average Bonchev–Trinajstić information content (AvgIpc) is 3.34. The minimum Gasteiger partial charge on any atom is -0.454 e. The zero-order chi connectivity index (χ0) is 21.4. The molecule has 0 radical (unpaired) electrons. The van der Waals surface area contributed by atoms with Gasteiger partial charge in [0.2, 0.25) is 0 Å². The van der Waals surface area contributed by atoms with Gasteiger partial charge in [-0.15, -0.1) is 0 Å². The van der Waals surface area contributed by atoms with E-state index in [0.29, 0.717) is 29.3 Å². The molecule has 2 aliphatic rings. The number of aromatic nitrogens is 4. The number of hydrogen-bond acceptors (Lipinski definition) is 8. The Bertz CT molecular complexity index is 1040. The fourth-order valence-corrected chi connectivity index (χ4v) is 3.64. The van der Waals surface area contributed by atoms with E-state index in [1.54, 1.807) is 26.1 Å². The van der Waals surface area contributed by atoms with Gasteiger partial charge < -0.3 is 19.0 Å². The molecule has 164 valence electrons. The van der Waals surface area contributed by atoms with Crippen LogP contribution in [0.4, 0.5) is 11.8 Å². The van der Waals surface area contributed by atoms with Gasteiger partial charge in [-0.05, 0) is 45.6 Å². The Kier molecular flexibility index (Phi) is 5.15. The molecule has 3 aromatic heterocycles. The maximum atomic E-state index is 10.0. The van der Waals surface area contributed by atoms with E-state index < -0.39 is 5.60 Å². The third-order valence-electron chi connectivity index (χ3n) is 5.56. The van der Waals surface area contributed by atoms with E-state index in [4.69, 9.17) is 19.0 Å². The summed E-state index contributed by atoms with van der Waals surface area (Å²) in [7, 11) is 0. The van der Waals surface area contributed by atoms with Crippen molar-refractivity contribution in [1.82, 2.24) is 19.7 Å². The van der Waals surface area contributed by atoms with Crippen molar-refractivity contribution >= 4 is 11.8 Å². The Labute approximate surface area is 180 Å². The van der Waals surface area contributed by atoms with Crippen LogP contribution in [0, 0.1) is 0 Å². The first-order valence-corrected chi connectivity index (χ1v) is 10.7. The molecule has 31 heavy (non-hydrogen) atoms. The molecule has 1 saturated carbocycles. The summed E-state index contributed by atoms with van der Waals surface area (Å²) in [6.45, 7) is 4.79. The van der Waals surface area contributed by atoms with E-state index in [2.05, 4.69) is 15.3 Å². The molecule has 9 nitrogen and oxygen atoms in total. The van der Waals surface area contributed by atoms with Crippen LogP contribution in [0.25, 0.3) is 0 Å². The summed E-state index contributed by atoms with van der Waals surface area (Å²) >= 11 is 0. The molecule has 2 N–H and O–H groups in total. The van der Waals surface area contributed by atoms with Gasteiger partial charge in [-0.3, -0.25) is 10.00 Å². The molecule has 0 amide bonds. The van der Waals surface area contributed by atoms with Crippen molar-refractivity contribution in [2.75, 3.05) is 18.5 Å². The molecule has 4 heterocycles. The van der Waals surface area contributed by atoms with Crippen LogP contribution in [0.3, 0.4) is 0 Å². The predicted octanol–water partition coefficient (Wildman–Crippen LogP) is 4.26. The lowest BCUT2D eigenvalue weighted by Crippen LogP contribution is -2.15. The standard InChI is InChI=1S/C22H27N5O4/c1-22(2,28)18-12-24-21(31-18)25-19-11-16(5-8-23-19)30-17-13-27(15-3-4-15)26-20(17)14-6-9-29-10-7-14/h5,8,11-15,28H,3-4,6-7,9-10H2,1-2H3,(H,23,24,25). The fraction of sp³-hybridized carbons (Fsp3) is 0.500. The third-order valence-corrected chi connectivity index (χ3v) is 5.56. The predicted molar refractivity (Wildman–Crippen MR) is 113 cm³/mol. The maximum absolute atomic E-state index is 10.0. The Hall–Kier alpha value is -2.91. The van der Waals surface area contributed by atoms with Crippen molar-refractivity contribution in [3.63, 3.8) is 0 Å². The van der Waals surface area contributed by atoms with Gasteiger partial charge in [0.05, 0.1) is 18.4 Å². The van der Waals surface area contributed by atoms with Gasteiger partial charge >= 0.3 is 6.01 Å². The highest BCUT2D eigenvalue weighted by atomic mass is 16.5. The number of rotatable bonds is 7. The minimum atomic E-state index is -1.10. The van der Waals surface area contributed by atoms with Crippen LogP contribution in [0.15, 0.2) is 35.1 Å². The largest absolute Gasteiger partial charge is 0.454 e. The Balaban J connectivity index is 1.35. The second-order valence-corrected chi connectivity index (χ2v) is 8.67. The molecule has 0 unspecified atom stereocenters. The highest BCUT2D eigenvalue weighted by Gasteiger charge is 2.30. The minimum absolute atomic E-state index is 0.256. The normalized spacial score (nSPS) is 17.6. The summed E-state index contributed by atoms with van der Waals surface area (Å²) in [5, 5.41) is 17.9. The topological polar surface area (TPSA) is 107 Å². The van der Waals surface area contributed by atoms with Crippen LogP contribution < -0.4 is 10.1 Å². The number of ether oxygens (including phenoxy) is 2. The first kappa shape index (κ1) is 20.0. The maximum Gasteiger partial charge on any atom is 0.300 e. The summed E-state index contributed by atoms with van der Waals surface area (Å²) < 4.78 is 19.4. The molecular formula is C22H27N5O4. The third kappa shape index (κ3) is 4.57. The SMILES string of the molecule is CC(C)(O)c1cnc(Nc2cc(Oc3cn(C4CC4)nc3C3CCOCC3)ccn2)o1. The molecule has 1 saturated heterocycles. The second-order valence-electron chi connectivity index (χ2n) is 8.67. The van der Waals surface area contributed by atoms with Crippen molar-refractivity contribution < 1.29 is 19.0 Å². The van der Waals surface area contributed by atoms with Gasteiger partial charge in [0.25, 0.3) is 0 Å². The van der Waals surface area contributed by atoms with Gasteiger partial charge in [0.15, 0.2) is 11.5 Å². The molecule has 0 spiro atoms. The molecule has 0 aromatic carbocycles. The van der Waals surface area contributed by atoms with E-state index >= 15 is 0 Å². The number of hydrogen-bond donors (Lipinski definition) is 2. The van der Waals surface area contributed by atoms with Gasteiger partial charge in [-0.1, -0.05) is 0 Å². The molecule has 0 bridgehead atoms. The summed E-state index contributed by atoms with van der Waals surface area (Å²) in [5.41, 5.74) is -0.0998. The second kappa shape index (κ2) is 7.97. The van der Waals surface area contributed by atoms with Crippen LogP contribution in [-0.2, 0) is 10.3 Å². The Morgan fingerprint density at radius 1 is 1.19 bits per heavy atom. The lowest BCUT2D eigenvalue weighted by molar-refractivity contribution is 0.0550. The van der Waals surface area contributed by atoms with Crippen molar-refractivity contribution in [3.8, 4) is 11.5 Å². The van der Waals surface area contributed by atoms with Crippen molar-refractivity contribution in [2.24, 2.45) is 0 Å². The smallest absolute Gasteiger partial charge is 0.300 e. The van der Waals surface area contributed by atoms with Crippen molar-refractivity contribution in [3.05, 3.63) is 42.2 Å². The van der Waals surface area contributed by atoms with Gasteiger partial charge in [0, 0.05) is 31.4 Å². The van der Waals surface area contributed by atoms with Crippen LogP contribution in [0.5, 0.6) is 11.5 Å². The summed E-state index contributed by atoms with van der Waals surface area (Å²) in [6, 6.07) is 4.34. The zero-order valence-corrected chi connectivity index (χ0v) is 17.7. The van der Waals surface area contributed by atoms with Gasteiger partial charge in [-0.2, -0.15) is 5.10 Å². The monoisotopic (exact) mass is 425 g/mol. The number of oxazole rings is 1. The van der Waals surface area contributed by atoms with Gasteiger partial charge in [-0.25, -0.2) is 9.97 Å². The average molecular weight is 425 g/mol. The number of pyridine rings is 1. The number of aliphatic hydroxyl groups is 1. The van der Waals surface area contributed by atoms with Crippen molar-refractivity contribution in [1.29, 1.82) is 0 Å². The van der Waals surface area contributed by atoms with Crippen LogP contribution in [-0.4, -0.2) is 38.1 Å². The number of nitrogens with zero attached hydrogens (tertiary/aromatic N) is 4.